The second-order valence-corrected chi connectivity index (χ2v) is 6.70. The van der Waals surface area contributed by atoms with Gasteiger partial charge in [-0.05, 0) is 42.5 Å². The van der Waals surface area contributed by atoms with Crippen molar-refractivity contribution >= 4 is 47.4 Å². The van der Waals surface area contributed by atoms with Crippen molar-refractivity contribution in [2.24, 2.45) is 10.7 Å². The largest absolute Gasteiger partial charge is 0.490 e. The predicted molar refractivity (Wildman–Crippen MR) is 119 cm³/mol. The Morgan fingerprint density at radius 1 is 1.15 bits per heavy atom. The van der Waals surface area contributed by atoms with Crippen LogP contribution in [0.1, 0.15) is 17.5 Å². The average molecular weight is 485 g/mol. The number of nitrogens with zero attached hydrogens (tertiary/aromatic N) is 1. The summed E-state index contributed by atoms with van der Waals surface area (Å²) in [5, 5.41) is 3.12. The maximum atomic E-state index is 6.04. The Balaban J connectivity index is 0.00000243. The molecule has 0 aromatic heterocycles. The number of halogens is 1. The van der Waals surface area contributed by atoms with E-state index < -0.39 is 0 Å². The highest BCUT2D eigenvalue weighted by Crippen LogP contribution is 2.32. The Labute approximate surface area is 175 Å². The van der Waals surface area contributed by atoms with Crippen molar-refractivity contribution in [1.29, 1.82) is 0 Å². The molecular weight excluding hydrogens is 461 g/mol. The van der Waals surface area contributed by atoms with Gasteiger partial charge in [0.25, 0.3) is 0 Å². The van der Waals surface area contributed by atoms with Crippen LogP contribution in [-0.4, -0.2) is 25.4 Å². The smallest absolute Gasteiger partial charge is 0.193 e. The molecule has 0 atom stereocenters. The van der Waals surface area contributed by atoms with Crippen LogP contribution in [0.4, 0.5) is 5.69 Å². The first-order chi connectivity index (χ1) is 12.2. The van der Waals surface area contributed by atoms with Crippen molar-refractivity contribution in [3.05, 3.63) is 47.5 Å². The summed E-state index contributed by atoms with van der Waals surface area (Å²) in [5.41, 5.74) is 9.29. The normalized spacial score (nSPS) is 13.5. The van der Waals surface area contributed by atoms with E-state index in [4.69, 9.17) is 15.2 Å². The van der Waals surface area contributed by atoms with E-state index in [-0.39, 0.29) is 24.0 Å². The van der Waals surface area contributed by atoms with E-state index in [0.29, 0.717) is 25.7 Å². The van der Waals surface area contributed by atoms with E-state index in [0.717, 1.165) is 23.6 Å². The first kappa shape index (κ1) is 20.7. The molecule has 2 aromatic rings. The Morgan fingerprint density at radius 2 is 1.92 bits per heavy atom. The molecule has 0 unspecified atom stereocenters. The number of nitrogens with one attached hydrogen (secondary N) is 1. The molecule has 26 heavy (non-hydrogen) atoms. The van der Waals surface area contributed by atoms with Gasteiger partial charge in [-0.3, -0.25) is 0 Å². The predicted octanol–water partition coefficient (Wildman–Crippen LogP) is 4.42. The minimum Gasteiger partial charge on any atom is -0.490 e. The van der Waals surface area contributed by atoms with Crippen molar-refractivity contribution in [1.82, 2.24) is 0 Å². The number of fused-ring (bicyclic) bond motifs is 1. The van der Waals surface area contributed by atoms with E-state index in [2.05, 4.69) is 41.7 Å². The number of hydrogen-bond acceptors (Lipinski definition) is 4. The summed E-state index contributed by atoms with van der Waals surface area (Å²) in [6.45, 7) is 3.97. The SMILES string of the molecule is CSc1cc(C)ccc1CN=C(N)Nc1ccc2c(c1)OCCCO2.I. The zero-order chi connectivity index (χ0) is 17.6. The molecule has 140 valence electrons. The van der Waals surface area contributed by atoms with Crippen LogP contribution in [0.2, 0.25) is 0 Å². The molecule has 3 rings (SSSR count). The van der Waals surface area contributed by atoms with Crippen LogP contribution in [0.15, 0.2) is 46.3 Å². The highest BCUT2D eigenvalue weighted by molar-refractivity contribution is 14.0. The van der Waals surface area contributed by atoms with Crippen molar-refractivity contribution in [2.75, 3.05) is 24.8 Å². The molecule has 3 N–H and O–H groups in total. The van der Waals surface area contributed by atoms with E-state index in [9.17, 15) is 0 Å². The number of benzene rings is 2. The first-order valence-electron chi connectivity index (χ1n) is 8.26. The lowest BCUT2D eigenvalue weighted by molar-refractivity contribution is 0.297. The first-order valence-corrected chi connectivity index (χ1v) is 9.48. The van der Waals surface area contributed by atoms with Crippen LogP contribution in [0.25, 0.3) is 0 Å². The number of thioether (sulfide) groups is 1. The number of aliphatic imine (C=N–C) groups is 1. The molecule has 0 amide bonds. The molecule has 1 aliphatic rings. The Morgan fingerprint density at radius 3 is 2.69 bits per heavy atom. The van der Waals surface area contributed by atoms with Gasteiger partial charge in [0.15, 0.2) is 17.5 Å². The summed E-state index contributed by atoms with van der Waals surface area (Å²) in [5.74, 6) is 1.88. The average Bonchev–Trinajstić information content (AvgIpc) is 2.85. The molecule has 7 heteroatoms. The number of anilines is 1. The van der Waals surface area contributed by atoms with Gasteiger partial charge in [-0.2, -0.15) is 0 Å². The van der Waals surface area contributed by atoms with E-state index >= 15 is 0 Å². The second kappa shape index (κ2) is 9.91. The molecule has 5 nitrogen and oxygen atoms in total. The standard InChI is InChI=1S/C19H23N3O2S.HI/c1-13-4-5-14(18(10-13)25-2)12-21-19(20)22-15-6-7-16-17(11-15)24-9-3-8-23-16;/h4-7,10-11H,3,8-9,12H2,1-2H3,(H3,20,21,22);1H. The van der Waals surface area contributed by atoms with Gasteiger partial charge in [0.2, 0.25) is 0 Å². The van der Waals surface area contributed by atoms with Gasteiger partial charge in [0.05, 0.1) is 19.8 Å². The Kier molecular flexibility index (Phi) is 7.89. The number of aryl methyl sites for hydroxylation is 1. The summed E-state index contributed by atoms with van der Waals surface area (Å²) < 4.78 is 11.3. The number of hydrogen-bond donors (Lipinski definition) is 2. The fraction of sp³-hybridized carbons (Fsp3) is 0.316. The van der Waals surface area contributed by atoms with Crippen LogP contribution in [-0.2, 0) is 6.54 Å². The lowest BCUT2D eigenvalue weighted by Gasteiger charge is -2.11. The third-order valence-corrected chi connectivity index (χ3v) is 4.70. The lowest BCUT2D eigenvalue weighted by atomic mass is 10.1. The van der Waals surface area contributed by atoms with Gasteiger partial charge < -0.3 is 20.5 Å². The summed E-state index contributed by atoms with van der Waals surface area (Å²) in [7, 11) is 0. The zero-order valence-corrected chi connectivity index (χ0v) is 18.1. The Hall–Kier alpha value is -1.61. The van der Waals surface area contributed by atoms with E-state index in [1.54, 1.807) is 11.8 Å². The highest BCUT2D eigenvalue weighted by atomic mass is 127. The summed E-state index contributed by atoms with van der Waals surface area (Å²) >= 11 is 1.72. The molecular formula is C19H24IN3O2S. The third-order valence-electron chi connectivity index (χ3n) is 3.88. The topological polar surface area (TPSA) is 68.9 Å². The summed E-state index contributed by atoms with van der Waals surface area (Å²) in [6, 6.07) is 12.1. The van der Waals surface area contributed by atoms with Crippen molar-refractivity contribution in [2.45, 2.75) is 24.8 Å². The molecule has 0 spiro atoms. The third kappa shape index (κ3) is 5.44. The molecule has 0 radical (unpaired) electrons. The highest BCUT2D eigenvalue weighted by Gasteiger charge is 2.11. The van der Waals surface area contributed by atoms with Crippen LogP contribution in [0.3, 0.4) is 0 Å². The zero-order valence-electron chi connectivity index (χ0n) is 15.0. The number of ether oxygens (including phenoxy) is 2. The maximum absolute atomic E-state index is 6.04. The van der Waals surface area contributed by atoms with Crippen LogP contribution in [0.5, 0.6) is 11.5 Å². The number of rotatable bonds is 4. The van der Waals surface area contributed by atoms with Gasteiger partial charge in [0, 0.05) is 23.1 Å². The van der Waals surface area contributed by atoms with E-state index in [1.165, 1.54) is 16.0 Å². The molecule has 1 heterocycles. The number of guanidine groups is 1. The summed E-state index contributed by atoms with van der Waals surface area (Å²) in [4.78, 5) is 5.69. The van der Waals surface area contributed by atoms with Crippen molar-refractivity contribution in [3.8, 4) is 11.5 Å². The summed E-state index contributed by atoms with van der Waals surface area (Å²) in [6.07, 6.45) is 2.96. The fourth-order valence-electron chi connectivity index (χ4n) is 2.58. The van der Waals surface area contributed by atoms with Gasteiger partial charge in [0.1, 0.15) is 0 Å². The van der Waals surface area contributed by atoms with Gasteiger partial charge >= 0.3 is 0 Å². The molecule has 2 aromatic carbocycles. The molecule has 0 fully saturated rings. The molecule has 1 aliphatic heterocycles. The quantitative estimate of drug-likeness (QED) is 0.291. The minimum absolute atomic E-state index is 0. The molecule has 0 aliphatic carbocycles. The second-order valence-electron chi connectivity index (χ2n) is 5.85. The molecule has 0 saturated carbocycles. The van der Waals surface area contributed by atoms with Crippen molar-refractivity contribution in [3.63, 3.8) is 0 Å². The molecule has 0 saturated heterocycles. The monoisotopic (exact) mass is 485 g/mol. The Bertz CT molecular complexity index is 783. The van der Waals surface area contributed by atoms with Crippen LogP contribution in [0, 0.1) is 6.92 Å². The number of nitrogens with two attached hydrogens (primary N) is 1. The van der Waals surface area contributed by atoms with Crippen LogP contribution >= 0.6 is 35.7 Å². The minimum atomic E-state index is 0. The van der Waals surface area contributed by atoms with Gasteiger partial charge in [-0.25, -0.2) is 4.99 Å². The fourth-order valence-corrected chi connectivity index (χ4v) is 3.28. The maximum Gasteiger partial charge on any atom is 0.193 e. The van der Waals surface area contributed by atoms with E-state index in [1.807, 2.05) is 18.2 Å². The van der Waals surface area contributed by atoms with Gasteiger partial charge in [-0.1, -0.05) is 12.1 Å². The molecule has 0 bridgehead atoms. The van der Waals surface area contributed by atoms with Gasteiger partial charge in [-0.15, -0.1) is 35.7 Å². The van der Waals surface area contributed by atoms with Crippen molar-refractivity contribution < 1.29 is 9.47 Å². The van der Waals surface area contributed by atoms with Crippen LogP contribution < -0.4 is 20.5 Å². The lowest BCUT2D eigenvalue weighted by Crippen LogP contribution is -2.22.